The number of hydrogen-bond acceptors (Lipinski definition) is 31. The molecule has 2 atom stereocenters. The fourth-order valence-electron chi connectivity index (χ4n) is 17.1. The summed E-state index contributed by atoms with van der Waals surface area (Å²) in [5.74, 6) is 8.56. The summed E-state index contributed by atoms with van der Waals surface area (Å²) in [5.41, 5.74) is 11.7. The number of aromatic nitrogens is 21. The van der Waals surface area contributed by atoms with Gasteiger partial charge in [0.15, 0.2) is 40.6 Å². The molecule has 21 rings (SSSR count). The molecular weight excluding hydrogens is 2080 g/mol. The Kier molecular flexibility index (Phi) is 32.1. The molecule has 1 unspecified atom stereocenters. The topological polar surface area (TPSA) is 392 Å². The molecule has 0 saturated carbocycles. The van der Waals surface area contributed by atoms with Crippen LogP contribution in [0.2, 0.25) is 0 Å². The van der Waals surface area contributed by atoms with Crippen molar-refractivity contribution in [2.45, 2.75) is 122 Å². The average Bonchev–Trinajstić information content (AvgIpc) is 1.62. The molecule has 136 heavy (non-hydrogen) atoms. The number of piperazine rings is 2. The first-order chi connectivity index (χ1) is 66.3. The van der Waals surface area contributed by atoms with Crippen molar-refractivity contribution < 1.29 is 34.1 Å². The van der Waals surface area contributed by atoms with Gasteiger partial charge in [0.1, 0.15) is 72.3 Å². The van der Waals surface area contributed by atoms with Gasteiger partial charge < -0.3 is 77.6 Å². The third-order valence-electron chi connectivity index (χ3n) is 24.1. The number of rotatable bonds is 26. The lowest BCUT2D eigenvalue weighted by atomic mass is 9.94. The second-order valence-electron chi connectivity index (χ2n) is 33.8. The van der Waals surface area contributed by atoms with Gasteiger partial charge in [-0.15, -0.1) is 5.10 Å². The third kappa shape index (κ3) is 23.7. The number of halogens is 5. The largest absolute Gasteiger partial charge is 0.619 e. The molecule has 38 nitrogen and oxygen atoms in total. The molecule has 0 spiro atoms. The number of pyridine rings is 4. The molecule has 0 radical (unpaired) electrons. The predicted molar refractivity (Wildman–Crippen MR) is 542 cm³/mol. The zero-order valence-corrected chi connectivity index (χ0v) is 84.4. The summed E-state index contributed by atoms with van der Waals surface area (Å²) in [4.78, 5) is 47.8. The van der Waals surface area contributed by atoms with E-state index >= 15 is 0 Å². The first kappa shape index (κ1) is 96.0. The van der Waals surface area contributed by atoms with E-state index in [-0.39, 0.29) is 12.6 Å². The highest BCUT2D eigenvalue weighted by Crippen LogP contribution is 2.37. The van der Waals surface area contributed by atoms with Gasteiger partial charge in [-0.25, -0.2) is 24.9 Å². The van der Waals surface area contributed by atoms with E-state index in [1.165, 1.54) is 29.7 Å². The standard InChI is InChI=1S/C20H20BrN7S.2C20H26BrN6O2.C16H18BrN7O.C16H18BrN7/c21-16-11-24-28-19(9-17(25-20(16)28)15-5-7-22-8-6-15)23-10-13-1-3-14(4-2-13)18-12-29-27-26-18;1-20(2,28)16-7-5-9-26(16)18-10-17(27-19(24-18)15(21)12-23-27)22-11-14-6-4-8-25(13-14)29-3;1-29-25-8-4-5-15(14-25)12-22-18-11-19(24-20-17(21)13-23-27(18)20)26-9-3-2-6-16(26)7-10-28;17-13-10-20-24-14(19-9-12-2-1-5-23(25)11-12)8-15(21-16(13)24)22-6-3-18-4-7-22;17-13-11-21-24-14(20-10-12-2-1-3-19-9-12)8-15(22-16(13)24)23-6-4-18-5-7-23/h1-4,9,11-12,15,22-23H,5-8,10H2;4,6,8,10,12-13,16,22,28H,5,7,9,11H2,1-3H3;4-5,8,11,13-14,16,22,28H,2-3,6-7,9-10,12H2,1H3;1-2,5,8,10-11,18-19H,3-4,6-7,9H2;1-3,8-9,11,18,20H,4-7,10H2/q;2*+1;;/t;16-;;;/m.0.../s1. The molecule has 5 aliphatic heterocycles. The zero-order valence-electron chi connectivity index (χ0n) is 75.6. The molecule has 16 aromatic rings. The molecular formula is C92H108Br5N33O5S+2. The Bertz CT molecular complexity index is 6650. The molecule has 15 aromatic heterocycles. The molecule has 10 N–H and O–H groups in total. The molecule has 0 aliphatic carbocycles. The van der Waals surface area contributed by atoms with Gasteiger partial charge in [-0.2, -0.15) is 52.8 Å². The Morgan fingerprint density at radius 2 is 0.904 bits per heavy atom. The first-order valence-electron chi connectivity index (χ1n) is 45.3. The predicted octanol–water partition coefficient (Wildman–Crippen LogP) is 11.5. The van der Waals surface area contributed by atoms with Crippen LogP contribution in [-0.2, 0) is 32.7 Å². The lowest BCUT2D eigenvalue weighted by Gasteiger charge is -2.36. The van der Waals surface area contributed by atoms with E-state index in [0.29, 0.717) is 44.7 Å². The minimum absolute atomic E-state index is 0.0294. The summed E-state index contributed by atoms with van der Waals surface area (Å²) in [6.07, 6.45) is 31.4. The lowest BCUT2D eigenvalue weighted by molar-refractivity contribution is -0.885. The Labute approximate surface area is 831 Å². The van der Waals surface area contributed by atoms with E-state index in [0.717, 1.165) is 270 Å². The van der Waals surface area contributed by atoms with Crippen LogP contribution in [0.4, 0.5) is 52.4 Å². The summed E-state index contributed by atoms with van der Waals surface area (Å²) < 4.78 is 21.5. The van der Waals surface area contributed by atoms with Crippen molar-refractivity contribution in [3.8, 4) is 11.3 Å². The Hall–Kier alpha value is -11.7. The van der Waals surface area contributed by atoms with E-state index in [2.05, 4.69) is 230 Å². The van der Waals surface area contributed by atoms with E-state index < -0.39 is 5.60 Å². The van der Waals surface area contributed by atoms with Gasteiger partial charge >= 0.3 is 0 Å². The van der Waals surface area contributed by atoms with Gasteiger partial charge in [-0.1, -0.05) is 34.8 Å². The number of piperidine rings is 2. The smallest absolute Gasteiger partial charge is 0.227 e. The van der Waals surface area contributed by atoms with Crippen molar-refractivity contribution in [1.82, 2.24) is 104 Å². The average molecular weight is 2190 g/mol. The van der Waals surface area contributed by atoms with Crippen molar-refractivity contribution in [2.24, 2.45) is 0 Å². The summed E-state index contributed by atoms with van der Waals surface area (Å²) in [6.45, 7) is 18.6. The van der Waals surface area contributed by atoms with Crippen LogP contribution in [0.3, 0.4) is 0 Å². The second kappa shape index (κ2) is 45.5. The third-order valence-corrected chi connectivity index (χ3v) is 27.4. The monoisotopic (exact) mass is 2180 g/mol. The van der Waals surface area contributed by atoms with Crippen LogP contribution in [0.15, 0.2) is 211 Å². The van der Waals surface area contributed by atoms with Crippen molar-refractivity contribution in [3.05, 3.63) is 250 Å². The van der Waals surface area contributed by atoms with Crippen molar-refractivity contribution >= 4 is 172 Å². The normalized spacial score (nSPS) is 15.8. The Morgan fingerprint density at radius 1 is 0.471 bits per heavy atom. The molecule has 5 saturated heterocycles. The second-order valence-corrected chi connectivity index (χ2v) is 38.6. The molecule has 0 bridgehead atoms. The summed E-state index contributed by atoms with van der Waals surface area (Å²) >= 11 is 19.1. The van der Waals surface area contributed by atoms with Crippen molar-refractivity contribution in [2.75, 3.05) is 146 Å². The molecule has 5 aliphatic rings. The number of nitrogens with zero attached hydrogens (tertiary/aromatic N) is 25. The quantitative estimate of drug-likeness (QED) is 0.0178. The van der Waals surface area contributed by atoms with Gasteiger partial charge in [0, 0.05) is 220 Å². The van der Waals surface area contributed by atoms with E-state index in [9.17, 15) is 15.4 Å². The van der Waals surface area contributed by atoms with Crippen LogP contribution in [0.5, 0.6) is 0 Å². The minimum atomic E-state index is -0.798. The molecule has 5 fully saturated rings. The van der Waals surface area contributed by atoms with Crippen LogP contribution >= 0.6 is 91.2 Å². The maximum Gasteiger partial charge on any atom is 0.227 e. The number of aliphatic hydroxyl groups is 2. The van der Waals surface area contributed by atoms with E-state index in [1.54, 1.807) is 82.2 Å². The maximum atomic E-state index is 11.4. The van der Waals surface area contributed by atoms with Crippen LogP contribution in [0.1, 0.15) is 105 Å². The zero-order chi connectivity index (χ0) is 94.0. The van der Waals surface area contributed by atoms with Gasteiger partial charge in [-0.3, -0.25) is 14.7 Å². The Balaban J connectivity index is 0.000000118. The highest BCUT2D eigenvalue weighted by atomic mass is 79.9. The van der Waals surface area contributed by atoms with Gasteiger partial charge in [0.25, 0.3) is 0 Å². The van der Waals surface area contributed by atoms with Crippen LogP contribution in [0.25, 0.3) is 39.5 Å². The number of benzene rings is 1. The summed E-state index contributed by atoms with van der Waals surface area (Å²) in [6, 6.07) is 34.6. The molecule has 44 heteroatoms. The number of hydrogen-bond donors (Lipinski definition) is 10. The molecule has 710 valence electrons. The number of nitrogens with one attached hydrogen (secondary N) is 8. The molecule has 0 amide bonds. The van der Waals surface area contributed by atoms with Crippen molar-refractivity contribution in [3.63, 3.8) is 0 Å². The highest BCUT2D eigenvalue weighted by molar-refractivity contribution is 9.11. The van der Waals surface area contributed by atoms with E-state index in [4.69, 9.17) is 34.6 Å². The Morgan fingerprint density at radius 3 is 1.37 bits per heavy atom. The molecule has 20 heterocycles. The first-order valence-corrected chi connectivity index (χ1v) is 50.1. The fraction of sp³-hybridized carbons (Fsp3) is 0.370. The van der Waals surface area contributed by atoms with Gasteiger partial charge in [0.2, 0.25) is 24.8 Å². The molecule has 1 aromatic carbocycles. The van der Waals surface area contributed by atoms with Crippen LogP contribution < -0.4 is 86.0 Å². The van der Waals surface area contributed by atoms with E-state index in [1.807, 2.05) is 112 Å². The van der Waals surface area contributed by atoms with Crippen LogP contribution in [0, 0.1) is 5.21 Å². The SMILES string of the molecule is Brc1cnn2c(NCc3ccc(-c4csnn4)cc3)cc(C3CCNCC3)nc12.Brc1cnn2c(NCc3cccnc3)cc(N3CCNCC3)nc12.CO[n+]1cccc(CNc2cc(N3CCCCC3CCO)nc3c(Br)cnn23)c1.CO[n+]1cccc(CNc2cc(N3CCC[C@H]3C(C)(C)O)nc3c(Br)cnn23)c1.[O-][n+]1cccc(CNc2cc(N3CCNCC3)nc3c(Br)cnn23)c1. The fourth-order valence-corrected chi connectivity index (χ4v) is 19.3. The highest BCUT2D eigenvalue weighted by Gasteiger charge is 2.38. The number of anilines is 9. The number of aliphatic hydroxyl groups excluding tert-OH is 1. The summed E-state index contributed by atoms with van der Waals surface area (Å²) in [7, 11) is 3.27. The summed E-state index contributed by atoms with van der Waals surface area (Å²) in [5, 5.41) is 87.3. The minimum Gasteiger partial charge on any atom is -0.619 e. The van der Waals surface area contributed by atoms with Gasteiger partial charge in [-0.05, 0) is 205 Å². The van der Waals surface area contributed by atoms with Crippen LogP contribution in [-0.4, -0.2) is 215 Å². The van der Waals surface area contributed by atoms with Crippen molar-refractivity contribution in [1.29, 1.82) is 0 Å². The van der Waals surface area contributed by atoms with Gasteiger partial charge in [0.05, 0.1) is 65.0 Å². The lowest BCUT2D eigenvalue weighted by Crippen LogP contribution is -2.46. The number of fused-ring (bicyclic) bond motifs is 5. The maximum absolute atomic E-state index is 11.4.